The first-order valence-corrected chi connectivity index (χ1v) is 11.2. The number of rotatable bonds is 9. The number of nitrogens with one attached hydrogen (secondary N) is 1. The molecule has 1 aromatic heterocycles. The molecule has 1 heterocycles. The number of halogens is 1. The highest BCUT2D eigenvalue weighted by Crippen LogP contribution is 2.31. The van der Waals surface area contributed by atoms with E-state index in [4.69, 9.17) is 21.1 Å². The van der Waals surface area contributed by atoms with Crippen LogP contribution in [0.5, 0.6) is 11.5 Å². The Kier molecular flexibility index (Phi) is 8.09. The van der Waals surface area contributed by atoms with E-state index in [9.17, 15) is 4.79 Å². The lowest BCUT2D eigenvalue weighted by atomic mass is 10.1. The van der Waals surface area contributed by atoms with Crippen LogP contribution in [0.4, 0.5) is 5.13 Å². The molecule has 0 saturated carbocycles. The number of methoxy groups -OCH3 is 1. The summed E-state index contributed by atoms with van der Waals surface area (Å²) in [6.45, 7) is 4.95. The van der Waals surface area contributed by atoms with Crippen molar-refractivity contribution >= 4 is 40.1 Å². The summed E-state index contributed by atoms with van der Waals surface area (Å²) in [7, 11) is 1.60. The molecule has 2 aromatic carbocycles. The number of hydrogen-bond donors (Lipinski definition) is 1. The van der Waals surface area contributed by atoms with Crippen molar-refractivity contribution in [2.75, 3.05) is 19.0 Å². The Balaban J connectivity index is 1.62. The van der Waals surface area contributed by atoms with Gasteiger partial charge in [0.25, 0.3) is 0 Å². The van der Waals surface area contributed by atoms with Gasteiger partial charge in [0.1, 0.15) is 0 Å². The molecule has 0 unspecified atom stereocenters. The highest BCUT2D eigenvalue weighted by atomic mass is 35.5. The standard InChI is InChI=1S/C24H25ClN2O3S/c1-16(2)12-13-30-21-10-8-17(14-22(21)29-3)9-11-23(28)27-24-26-20(15-31-24)18-6-4-5-7-19(18)25/h4-11,14-16H,12-13H2,1-3H3,(H,26,27,28)/b11-9+. The molecule has 5 nitrogen and oxygen atoms in total. The molecule has 0 radical (unpaired) electrons. The molecule has 3 rings (SSSR count). The topological polar surface area (TPSA) is 60.5 Å². The number of carbonyl (C=O) groups is 1. The molecular weight excluding hydrogens is 432 g/mol. The van der Waals surface area contributed by atoms with Gasteiger partial charge in [0.05, 0.1) is 19.4 Å². The maximum Gasteiger partial charge on any atom is 0.250 e. The van der Waals surface area contributed by atoms with Crippen molar-refractivity contribution in [2.45, 2.75) is 20.3 Å². The van der Waals surface area contributed by atoms with E-state index in [1.54, 1.807) is 13.2 Å². The third-order valence-corrected chi connectivity index (χ3v) is 5.54. The molecule has 0 fully saturated rings. The number of hydrogen-bond acceptors (Lipinski definition) is 5. The monoisotopic (exact) mass is 456 g/mol. The number of nitrogens with zero attached hydrogens (tertiary/aromatic N) is 1. The van der Waals surface area contributed by atoms with Crippen LogP contribution in [-0.2, 0) is 4.79 Å². The molecule has 1 amide bonds. The fraction of sp³-hybridized carbons (Fsp3) is 0.250. The van der Waals surface area contributed by atoms with E-state index in [1.165, 1.54) is 17.4 Å². The highest BCUT2D eigenvalue weighted by molar-refractivity contribution is 7.14. The van der Waals surface area contributed by atoms with Gasteiger partial charge in [-0.05, 0) is 42.2 Å². The molecular formula is C24H25ClN2O3S. The number of ether oxygens (including phenoxy) is 2. The van der Waals surface area contributed by atoms with Crippen LogP contribution in [0.1, 0.15) is 25.8 Å². The van der Waals surface area contributed by atoms with Crippen molar-refractivity contribution in [1.82, 2.24) is 4.98 Å². The number of benzene rings is 2. The Morgan fingerprint density at radius 3 is 2.77 bits per heavy atom. The molecule has 0 aliphatic rings. The Bertz CT molecular complexity index is 1060. The Hall–Kier alpha value is -2.83. The van der Waals surface area contributed by atoms with Gasteiger partial charge in [0.2, 0.25) is 5.91 Å². The number of anilines is 1. The average molecular weight is 457 g/mol. The van der Waals surface area contributed by atoms with Gasteiger partial charge in [0, 0.05) is 22.0 Å². The average Bonchev–Trinajstić information content (AvgIpc) is 3.21. The molecule has 1 N–H and O–H groups in total. The van der Waals surface area contributed by atoms with Crippen LogP contribution in [0.15, 0.2) is 53.9 Å². The molecule has 0 aliphatic heterocycles. The second kappa shape index (κ2) is 11.0. The van der Waals surface area contributed by atoms with Crippen molar-refractivity contribution in [1.29, 1.82) is 0 Å². The van der Waals surface area contributed by atoms with Crippen LogP contribution >= 0.6 is 22.9 Å². The largest absolute Gasteiger partial charge is 0.493 e. The molecule has 7 heteroatoms. The summed E-state index contributed by atoms with van der Waals surface area (Å²) in [5.74, 6) is 1.64. The van der Waals surface area contributed by atoms with Gasteiger partial charge in [-0.3, -0.25) is 10.1 Å². The van der Waals surface area contributed by atoms with E-state index >= 15 is 0 Å². The lowest BCUT2D eigenvalue weighted by Crippen LogP contribution is -2.07. The maximum atomic E-state index is 12.3. The summed E-state index contributed by atoms with van der Waals surface area (Å²) in [5, 5.41) is 5.78. The minimum atomic E-state index is -0.267. The molecule has 0 bridgehead atoms. The van der Waals surface area contributed by atoms with Gasteiger partial charge in [-0.2, -0.15) is 0 Å². The molecule has 0 aliphatic carbocycles. The molecule has 31 heavy (non-hydrogen) atoms. The fourth-order valence-corrected chi connectivity index (χ4v) is 3.70. The first-order chi connectivity index (χ1) is 15.0. The van der Waals surface area contributed by atoms with Gasteiger partial charge in [0.15, 0.2) is 16.6 Å². The number of amides is 1. The summed E-state index contributed by atoms with van der Waals surface area (Å²) in [6.07, 6.45) is 4.16. The van der Waals surface area contributed by atoms with E-state index in [2.05, 4.69) is 24.1 Å². The normalized spacial score (nSPS) is 11.1. The van der Waals surface area contributed by atoms with E-state index < -0.39 is 0 Å². The molecule has 0 saturated heterocycles. The zero-order valence-corrected chi connectivity index (χ0v) is 19.3. The highest BCUT2D eigenvalue weighted by Gasteiger charge is 2.09. The predicted octanol–water partition coefficient (Wildman–Crippen LogP) is 6.55. The van der Waals surface area contributed by atoms with Crippen molar-refractivity contribution in [3.8, 4) is 22.8 Å². The molecule has 162 valence electrons. The predicted molar refractivity (Wildman–Crippen MR) is 128 cm³/mol. The first kappa shape index (κ1) is 22.8. The van der Waals surface area contributed by atoms with Gasteiger partial charge >= 0.3 is 0 Å². The fourth-order valence-electron chi connectivity index (χ4n) is 2.75. The Morgan fingerprint density at radius 1 is 1.23 bits per heavy atom. The third kappa shape index (κ3) is 6.57. The van der Waals surface area contributed by atoms with Gasteiger partial charge in [-0.15, -0.1) is 11.3 Å². The van der Waals surface area contributed by atoms with E-state index in [1.807, 2.05) is 47.8 Å². The third-order valence-electron chi connectivity index (χ3n) is 4.45. The maximum absolute atomic E-state index is 12.3. The van der Waals surface area contributed by atoms with Crippen LogP contribution in [0.25, 0.3) is 17.3 Å². The number of aromatic nitrogens is 1. The molecule has 0 spiro atoms. The minimum Gasteiger partial charge on any atom is -0.493 e. The second-order valence-corrected chi connectivity index (χ2v) is 8.55. The number of carbonyl (C=O) groups excluding carboxylic acids is 1. The summed E-state index contributed by atoms with van der Waals surface area (Å²) >= 11 is 7.56. The van der Waals surface area contributed by atoms with Crippen molar-refractivity contribution in [2.24, 2.45) is 5.92 Å². The quantitative estimate of drug-likeness (QED) is 0.371. The number of thiazole rings is 1. The van der Waals surface area contributed by atoms with E-state index in [-0.39, 0.29) is 5.91 Å². The lowest BCUT2D eigenvalue weighted by Gasteiger charge is -2.12. The first-order valence-electron chi connectivity index (χ1n) is 9.96. The van der Waals surface area contributed by atoms with Crippen molar-refractivity contribution < 1.29 is 14.3 Å². The van der Waals surface area contributed by atoms with Crippen LogP contribution in [0, 0.1) is 5.92 Å². The Morgan fingerprint density at radius 2 is 2.03 bits per heavy atom. The summed E-state index contributed by atoms with van der Waals surface area (Å²) in [4.78, 5) is 16.8. The summed E-state index contributed by atoms with van der Waals surface area (Å²) in [5.41, 5.74) is 2.39. The molecule has 0 atom stereocenters. The SMILES string of the molecule is COc1cc(/C=C/C(=O)Nc2nc(-c3ccccc3Cl)cs2)ccc1OCCC(C)C. The van der Waals surface area contributed by atoms with Gasteiger partial charge in [-0.25, -0.2) is 4.98 Å². The van der Waals surface area contributed by atoms with Crippen molar-refractivity contribution in [3.63, 3.8) is 0 Å². The van der Waals surface area contributed by atoms with E-state index in [0.717, 1.165) is 23.2 Å². The van der Waals surface area contributed by atoms with Gasteiger partial charge < -0.3 is 9.47 Å². The van der Waals surface area contributed by atoms with Crippen LogP contribution in [0.3, 0.4) is 0 Å². The summed E-state index contributed by atoms with van der Waals surface area (Å²) in [6, 6.07) is 13.1. The zero-order chi connectivity index (χ0) is 22.2. The Labute approximate surface area is 191 Å². The minimum absolute atomic E-state index is 0.267. The zero-order valence-electron chi connectivity index (χ0n) is 17.7. The van der Waals surface area contributed by atoms with Crippen LogP contribution < -0.4 is 14.8 Å². The van der Waals surface area contributed by atoms with Crippen LogP contribution in [0.2, 0.25) is 5.02 Å². The molecule has 3 aromatic rings. The van der Waals surface area contributed by atoms with Gasteiger partial charge in [-0.1, -0.05) is 49.7 Å². The van der Waals surface area contributed by atoms with E-state index in [0.29, 0.717) is 34.2 Å². The van der Waals surface area contributed by atoms with Crippen molar-refractivity contribution in [3.05, 3.63) is 64.5 Å². The second-order valence-electron chi connectivity index (χ2n) is 7.28. The van der Waals surface area contributed by atoms with Crippen LogP contribution in [-0.4, -0.2) is 24.6 Å². The summed E-state index contributed by atoms with van der Waals surface area (Å²) < 4.78 is 11.2. The lowest BCUT2D eigenvalue weighted by molar-refractivity contribution is -0.111. The smallest absolute Gasteiger partial charge is 0.250 e.